The normalized spacial score (nSPS) is 18.0. The quantitative estimate of drug-likeness (QED) is 0.329. The van der Waals surface area contributed by atoms with Crippen molar-refractivity contribution in [1.29, 1.82) is 0 Å². The number of barbiturate groups is 1. The number of nitrogens with zero attached hydrogens (tertiary/aromatic N) is 3. The number of morpholine rings is 1. The molecule has 2 aromatic carbocycles. The summed E-state index contributed by atoms with van der Waals surface area (Å²) in [5.74, 6) is -1.65. The number of imide groups is 2. The van der Waals surface area contributed by atoms with Crippen molar-refractivity contribution < 1.29 is 24.0 Å². The minimum Gasteiger partial charge on any atom is -0.378 e. The van der Waals surface area contributed by atoms with Gasteiger partial charge in [-0.1, -0.05) is 12.1 Å². The van der Waals surface area contributed by atoms with Gasteiger partial charge in [-0.15, -0.1) is 0 Å². The van der Waals surface area contributed by atoms with Gasteiger partial charge in [0.15, 0.2) is 0 Å². The van der Waals surface area contributed by atoms with Crippen LogP contribution in [0.15, 0.2) is 42.0 Å². The molecule has 33 heavy (non-hydrogen) atoms. The Labute approximate surface area is 189 Å². The first-order valence-corrected chi connectivity index (χ1v) is 10.4. The summed E-state index contributed by atoms with van der Waals surface area (Å²) in [5, 5.41) is 13.9. The highest BCUT2D eigenvalue weighted by Crippen LogP contribution is 2.31. The fraction of sp³-hybridized carbons (Fsp3) is 0.261. The molecular weight excluding hydrogens is 428 g/mol. The average molecular weight is 450 g/mol. The summed E-state index contributed by atoms with van der Waals surface area (Å²) >= 11 is 0. The maximum Gasteiger partial charge on any atom is 0.335 e. The number of carbonyl (C=O) groups excluding carboxylic acids is 3. The summed E-state index contributed by atoms with van der Waals surface area (Å²) in [6.45, 7) is 5.66. The Balaban J connectivity index is 1.71. The molecular formula is C23H22N4O6. The lowest BCUT2D eigenvalue weighted by Gasteiger charge is -2.28. The summed E-state index contributed by atoms with van der Waals surface area (Å²) in [4.78, 5) is 52.0. The molecule has 2 fully saturated rings. The van der Waals surface area contributed by atoms with E-state index in [-0.39, 0.29) is 11.3 Å². The van der Waals surface area contributed by atoms with Gasteiger partial charge in [-0.3, -0.25) is 25.0 Å². The second-order valence-electron chi connectivity index (χ2n) is 7.91. The number of hydrogen-bond acceptors (Lipinski definition) is 7. The molecule has 1 N–H and O–H groups in total. The molecule has 2 aliphatic heterocycles. The largest absolute Gasteiger partial charge is 0.378 e. The molecule has 0 bridgehead atoms. The first-order chi connectivity index (χ1) is 15.7. The van der Waals surface area contributed by atoms with Gasteiger partial charge in [0.1, 0.15) is 11.3 Å². The molecule has 2 heterocycles. The van der Waals surface area contributed by atoms with Gasteiger partial charge in [-0.05, 0) is 54.8 Å². The Morgan fingerprint density at radius 2 is 1.70 bits per heavy atom. The molecule has 2 aliphatic rings. The lowest BCUT2D eigenvalue weighted by atomic mass is 10.0. The van der Waals surface area contributed by atoms with Crippen molar-refractivity contribution in [2.75, 3.05) is 36.1 Å². The molecule has 4 amide bonds. The number of hydrogen-bond donors (Lipinski definition) is 1. The van der Waals surface area contributed by atoms with Crippen molar-refractivity contribution in [3.63, 3.8) is 0 Å². The van der Waals surface area contributed by atoms with Gasteiger partial charge in [-0.25, -0.2) is 9.69 Å². The van der Waals surface area contributed by atoms with E-state index < -0.39 is 22.8 Å². The van der Waals surface area contributed by atoms with Gasteiger partial charge in [0.2, 0.25) is 0 Å². The van der Waals surface area contributed by atoms with Crippen LogP contribution in [-0.2, 0) is 14.3 Å². The molecule has 2 saturated heterocycles. The summed E-state index contributed by atoms with van der Waals surface area (Å²) in [5.41, 5.74) is 2.34. The van der Waals surface area contributed by atoms with Crippen molar-refractivity contribution in [3.05, 3.63) is 68.8 Å². The van der Waals surface area contributed by atoms with Gasteiger partial charge < -0.3 is 9.64 Å². The zero-order valence-corrected chi connectivity index (χ0v) is 18.2. The molecule has 0 unspecified atom stereocenters. The number of rotatable bonds is 4. The third-order valence-electron chi connectivity index (χ3n) is 5.43. The molecule has 0 aromatic heterocycles. The highest BCUT2D eigenvalue weighted by Gasteiger charge is 2.37. The first-order valence-electron chi connectivity index (χ1n) is 10.4. The summed E-state index contributed by atoms with van der Waals surface area (Å²) < 4.78 is 5.30. The molecule has 0 aliphatic carbocycles. The van der Waals surface area contributed by atoms with Gasteiger partial charge >= 0.3 is 6.03 Å². The number of carbonyl (C=O) groups is 3. The minimum atomic E-state index is -0.856. The number of ether oxygens (including phenoxy) is 1. The topological polar surface area (TPSA) is 122 Å². The second-order valence-corrected chi connectivity index (χ2v) is 7.91. The number of nitro groups is 1. The SMILES string of the molecule is Cc1cc(C)cc(N2C(=O)NC(=O)/C(=C\c3ccc(N4CCOCC4)c([N+](=O)[O-])c3)C2=O)c1. The lowest BCUT2D eigenvalue weighted by molar-refractivity contribution is -0.384. The maximum atomic E-state index is 13.1. The number of urea groups is 1. The van der Waals surface area contributed by atoms with Crippen molar-refractivity contribution in [2.45, 2.75) is 13.8 Å². The lowest BCUT2D eigenvalue weighted by Crippen LogP contribution is -2.54. The summed E-state index contributed by atoms with van der Waals surface area (Å²) in [6.07, 6.45) is 1.26. The van der Waals surface area contributed by atoms with Gasteiger partial charge in [-0.2, -0.15) is 0 Å². The predicted octanol–water partition coefficient (Wildman–Crippen LogP) is 2.71. The zero-order valence-electron chi connectivity index (χ0n) is 18.2. The Bertz CT molecular complexity index is 1180. The van der Waals surface area contributed by atoms with E-state index in [0.717, 1.165) is 16.0 Å². The van der Waals surface area contributed by atoms with Gasteiger partial charge in [0, 0.05) is 19.2 Å². The molecule has 0 saturated carbocycles. The third kappa shape index (κ3) is 4.46. The van der Waals surface area contributed by atoms with Crippen LogP contribution in [0.4, 0.5) is 21.9 Å². The van der Waals surface area contributed by atoms with Crippen molar-refractivity contribution in [1.82, 2.24) is 5.32 Å². The van der Waals surface area contributed by atoms with E-state index in [1.54, 1.807) is 24.3 Å². The number of amides is 4. The summed E-state index contributed by atoms with van der Waals surface area (Å²) in [7, 11) is 0. The first kappa shape index (κ1) is 22.2. The van der Waals surface area contributed by atoms with E-state index in [1.165, 1.54) is 12.1 Å². The third-order valence-corrected chi connectivity index (χ3v) is 5.43. The molecule has 2 aromatic rings. The van der Waals surface area contributed by atoms with Crippen LogP contribution in [0.2, 0.25) is 0 Å². The minimum absolute atomic E-state index is 0.142. The van der Waals surface area contributed by atoms with Crippen LogP contribution in [0.25, 0.3) is 6.08 Å². The van der Waals surface area contributed by atoms with Crippen LogP contribution < -0.4 is 15.1 Å². The zero-order chi connectivity index (χ0) is 23.7. The Kier molecular flexibility index (Phi) is 5.93. The van der Waals surface area contributed by atoms with Crippen LogP contribution in [0.1, 0.15) is 16.7 Å². The monoisotopic (exact) mass is 450 g/mol. The molecule has 10 nitrogen and oxygen atoms in total. The van der Waals surface area contributed by atoms with Crippen molar-refractivity contribution >= 4 is 41.0 Å². The number of nitrogens with one attached hydrogen (secondary N) is 1. The fourth-order valence-electron chi connectivity index (χ4n) is 3.99. The average Bonchev–Trinajstić information content (AvgIpc) is 2.76. The number of nitro benzene ring substituents is 1. The van der Waals surface area contributed by atoms with Crippen LogP contribution in [0.5, 0.6) is 0 Å². The summed E-state index contributed by atoms with van der Waals surface area (Å²) in [6, 6.07) is 8.89. The standard InChI is InChI=1S/C23H22N4O6/c1-14-9-15(2)11-17(10-14)26-22(29)18(21(28)24-23(26)30)12-16-3-4-19(20(13-16)27(31)32)25-5-7-33-8-6-25/h3-4,9-13H,5-8H2,1-2H3,(H,24,28,30)/b18-12+. The number of anilines is 2. The van der Waals surface area contributed by atoms with E-state index >= 15 is 0 Å². The second kappa shape index (κ2) is 8.83. The molecule has 4 rings (SSSR count). The highest BCUT2D eigenvalue weighted by atomic mass is 16.6. The van der Waals surface area contributed by atoms with E-state index in [9.17, 15) is 24.5 Å². The highest BCUT2D eigenvalue weighted by molar-refractivity contribution is 6.39. The van der Waals surface area contributed by atoms with E-state index in [0.29, 0.717) is 43.2 Å². The Morgan fingerprint density at radius 3 is 2.33 bits per heavy atom. The maximum absolute atomic E-state index is 13.1. The molecule has 0 radical (unpaired) electrons. The van der Waals surface area contributed by atoms with E-state index in [2.05, 4.69) is 5.32 Å². The van der Waals surface area contributed by atoms with Crippen LogP contribution >= 0.6 is 0 Å². The van der Waals surface area contributed by atoms with Gasteiger partial charge in [0.05, 0.1) is 23.8 Å². The molecule has 0 atom stereocenters. The van der Waals surface area contributed by atoms with Gasteiger partial charge in [0.25, 0.3) is 17.5 Å². The predicted molar refractivity (Wildman–Crippen MR) is 121 cm³/mol. The Morgan fingerprint density at radius 1 is 1.03 bits per heavy atom. The van der Waals surface area contributed by atoms with Crippen LogP contribution in [-0.4, -0.2) is 49.1 Å². The van der Waals surface area contributed by atoms with E-state index in [1.807, 2.05) is 24.8 Å². The Hall–Kier alpha value is -4.05. The van der Waals surface area contributed by atoms with Crippen LogP contribution in [0.3, 0.4) is 0 Å². The van der Waals surface area contributed by atoms with Crippen LogP contribution in [0, 0.1) is 24.0 Å². The van der Waals surface area contributed by atoms with Crippen molar-refractivity contribution in [2.24, 2.45) is 0 Å². The fourth-order valence-corrected chi connectivity index (χ4v) is 3.99. The number of aryl methyl sites for hydroxylation is 2. The molecule has 10 heteroatoms. The molecule has 170 valence electrons. The smallest absolute Gasteiger partial charge is 0.335 e. The molecule has 0 spiro atoms. The van der Waals surface area contributed by atoms with Crippen molar-refractivity contribution in [3.8, 4) is 0 Å². The number of benzene rings is 2. The van der Waals surface area contributed by atoms with E-state index in [4.69, 9.17) is 4.74 Å².